The molecule has 1 aliphatic heterocycles. The number of benzene rings is 2. The highest BCUT2D eigenvalue weighted by atomic mass is 32.1. The summed E-state index contributed by atoms with van der Waals surface area (Å²) in [6, 6.07) is 15.8. The second-order valence-corrected chi connectivity index (χ2v) is 7.97. The molecule has 0 aliphatic carbocycles. The Bertz CT molecular complexity index is 987. The molecule has 30 heavy (non-hydrogen) atoms. The van der Waals surface area contributed by atoms with Gasteiger partial charge in [0.25, 0.3) is 5.91 Å². The van der Waals surface area contributed by atoms with Gasteiger partial charge in [-0.1, -0.05) is 24.3 Å². The Labute approximate surface area is 180 Å². The van der Waals surface area contributed by atoms with Crippen LogP contribution in [-0.4, -0.2) is 35.5 Å². The Balaban J connectivity index is 1.24. The molecule has 1 N–H and O–H groups in total. The molecule has 1 aliphatic rings. The first kappa shape index (κ1) is 20.4. The molecular weight excluding hydrogens is 398 g/mol. The van der Waals surface area contributed by atoms with Gasteiger partial charge in [-0.2, -0.15) is 0 Å². The topological polar surface area (TPSA) is 63.7 Å². The Morgan fingerprint density at radius 1 is 1.10 bits per heavy atom. The highest BCUT2D eigenvalue weighted by Gasteiger charge is 2.17. The molecule has 7 heteroatoms. The van der Waals surface area contributed by atoms with E-state index in [9.17, 15) is 4.79 Å². The number of hydrogen-bond donors (Lipinski definition) is 1. The standard InChI is InChI=1S/C23H25N3O3S/c1-2-28-20-7-9-21(10-8-20)29-15-22(27)25-23-24-19(16-30-23)14-26-12-11-17-5-3-4-6-18(17)13-26/h3-10,16H,2,11-15H2,1H3,(H,24,25,27). The fraction of sp³-hybridized carbons (Fsp3) is 0.304. The number of amides is 1. The summed E-state index contributed by atoms with van der Waals surface area (Å²) in [4.78, 5) is 19.1. The van der Waals surface area contributed by atoms with Crippen LogP contribution in [0.25, 0.3) is 0 Å². The lowest BCUT2D eigenvalue weighted by atomic mass is 10.00. The summed E-state index contributed by atoms with van der Waals surface area (Å²) in [5.74, 6) is 1.18. The molecular formula is C23H25N3O3S. The fourth-order valence-corrected chi connectivity index (χ4v) is 4.18. The van der Waals surface area contributed by atoms with Crippen molar-refractivity contribution in [1.29, 1.82) is 0 Å². The normalized spacial score (nSPS) is 13.5. The molecule has 3 aromatic rings. The average Bonchev–Trinajstić information content (AvgIpc) is 3.20. The first-order valence-corrected chi connectivity index (χ1v) is 11.0. The third-order valence-corrected chi connectivity index (χ3v) is 5.70. The van der Waals surface area contributed by atoms with Gasteiger partial charge in [-0.3, -0.25) is 15.0 Å². The van der Waals surface area contributed by atoms with Crippen molar-refractivity contribution < 1.29 is 14.3 Å². The second-order valence-electron chi connectivity index (χ2n) is 7.11. The fourth-order valence-electron chi connectivity index (χ4n) is 3.46. The number of anilines is 1. The van der Waals surface area contributed by atoms with Gasteiger partial charge in [0.05, 0.1) is 12.3 Å². The van der Waals surface area contributed by atoms with Crippen molar-refractivity contribution in [3.63, 3.8) is 0 Å². The smallest absolute Gasteiger partial charge is 0.264 e. The summed E-state index contributed by atoms with van der Waals surface area (Å²) in [7, 11) is 0. The van der Waals surface area contributed by atoms with Crippen molar-refractivity contribution in [1.82, 2.24) is 9.88 Å². The number of nitrogens with one attached hydrogen (secondary N) is 1. The molecule has 0 fully saturated rings. The highest BCUT2D eigenvalue weighted by Crippen LogP contribution is 2.22. The summed E-state index contributed by atoms with van der Waals surface area (Å²) >= 11 is 1.44. The lowest BCUT2D eigenvalue weighted by molar-refractivity contribution is -0.118. The van der Waals surface area contributed by atoms with E-state index in [0.29, 0.717) is 17.5 Å². The predicted octanol–water partition coefficient (Wildman–Crippen LogP) is 4.12. The molecule has 0 atom stereocenters. The molecule has 1 amide bonds. The monoisotopic (exact) mass is 423 g/mol. The van der Waals surface area contributed by atoms with Crippen molar-refractivity contribution in [3.05, 3.63) is 70.7 Å². The van der Waals surface area contributed by atoms with Crippen LogP contribution >= 0.6 is 11.3 Å². The molecule has 1 aromatic heterocycles. The molecule has 4 rings (SSSR count). The van der Waals surface area contributed by atoms with Crippen LogP contribution in [0.15, 0.2) is 53.9 Å². The van der Waals surface area contributed by atoms with Crippen LogP contribution in [0, 0.1) is 0 Å². The van der Waals surface area contributed by atoms with Crippen LogP contribution in [0.1, 0.15) is 23.7 Å². The molecule has 0 bridgehead atoms. The number of ether oxygens (including phenoxy) is 2. The zero-order valence-corrected chi connectivity index (χ0v) is 17.8. The SMILES string of the molecule is CCOc1ccc(OCC(=O)Nc2nc(CN3CCc4ccccc4C3)cs2)cc1. The minimum Gasteiger partial charge on any atom is -0.494 e. The number of rotatable bonds is 8. The molecule has 0 unspecified atom stereocenters. The van der Waals surface area contributed by atoms with Gasteiger partial charge in [0.1, 0.15) is 11.5 Å². The van der Waals surface area contributed by atoms with E-state index in [1.54, 1.807) is 12.1 Å². The van der Waals surface area contributed by atoms with Gasteiger partial charge in [-0.25, -0.2) is 4.98 Å². The number of hydrogen-bond acceptors (Lipinski definition) is 6. The minimum atomic E-state index is -0.225. The maximum atomic E-state index is 12.2. The maximum Gasteiger partial charge on any atom is 0.264 e. The van der Waals surface area contributed by atoms with E-state index in [0.717, 1.165) is 37.5 Å². The van der Waals surface area contributed by atoms with E-state index in [1.165, 1.54) is 22.5 Å². The van der Waals surface area contributed by atoms with Gasteiger partial charge >= 0.3 is 0 Å². The highest BCUT2D eigenvalue weighted by molar-refractivity contribution is 7.13. The van der Waals surface area contributed by atoms with Crippen molar-refractivity contribution >= 4 is 22.4 Å². The summed E-state index contributed by atoms with van der Waals surface area (Å²) in [6.45, 7) is 5.22. The van der Waals surface area contributed by atoms with E-state index in [4.69, 9.17) is 9.47 Å². The van der Waals surface area contributed by atoms with Gasteiger partial charge in [0.15, 0.2) is 11.7 Å². The molecule has 0 saturated heterocycles. The first-order valence-electron chi connectivity index (χ1n) is 10.1. The lowest BCUT2D eigenvalue weighted by Crippen LogP contribution is -2.30. The van der Waals surface area contributed by atoms with Crippen LogP contribution in [0.5, 0.6) is 11.5 Å². The number of carbonyl (C=O) groups is 1. The summed E-state index contributed by atoms with van der Waals surface area (Å²) in [6.07, 6.45) is 1.06. The maximum absolute atomic E-state index is 12.2. The van der Waals surface area contributed by atoms with Crippen LogP contribution in [-0.2, 0) is 24.3 Å². The predicted molar refractivity (Wildman–Crippen MR) is 118 cm³/mol. The number of thiazole rings is 1. The van der Waals surface area contributed by atoms with Crippen LogP contribution in [0.4, 0.5) is 5.13 Å². The molecule has 2 aromatic carbocycles. The van der Waals surface area contributed by atoms with Crippen LogP contribution < -0.4 is 14.8 Å². The van der Waals surface area contributed by atoms with Crippen molar-refractivity contribution in [2.45, 2.75) is 26.4 Å². The molecule has 0 saturated carbocycles. The zero-order valence-electron chi connectivity index (χ0n) is 17.0. The lowest BCUT2D eigenvalue weighted by Gasteiger charge is -2.27. The number of carbonyl (C=O) groups excluding carboxylic acids is 1. The third kappa shape index (κ3) is 5.37. The average molecular weight is 424 g/mol. The van der Waals surface area contributed by atoms with Crippen molar-refractivity contribution in [2.24, 2.45) is 0 Å². The van der Waals surface area contributed by atoms with Gasteiger partial charge < -0.3 is 9.47 Å². The van der Waals surface area contributed by atoms with Crippen LogP contribution in [0.2, 0.25) is 0 Å². The van der Waals surface area contributed by atoms with Gasteiger partial charge in [0.2, 0.25) is 0 Å². The Morgan fingerprint density at radius 3 is 2.60 bits per heavy atom. The largest absolute Gasteiger partial charge is 0.494 e. The Hall–Kier alpha value is -2.90. The van der Waals surface area contributed by atoms with E-state index >= 15 is 0 Å². The molecule has 0 spiro atoms. The molecule has 0 radical (unpaired) electrons. The van der Waals surface area contributed by atoms with E-state index in [1.807, 2.05) is 24.4 Å². The Kier molecular flexibility index (Phi) is 6.61. The van der Waals surface area contributed by atoms with E-state index in [-0.39, 0.29) is 12.5 Å². The summed E-state index contributed by atoms with van der Waals surface area (Å²) in [5.41, 5.74) is 3.80. The van der Waals surface area contributed by atoms with E-state index < -0.39 is 0 Å². The van der Waals surface area contributed by atoms with Gasteiger partial charge in [-0.15, -0.1) is 11.3 Å². The van der Waals surface area contributed by atoms with Crippen molar-refractivity contribution in [3.8, 4) is 11.5 Å². The van der Waals surface area contributed by atoms with Gasteiger partial charge in [0, 0.05) is 25.0 Å². The van der Waals surface area contributed by atoms with Crippen LogP contribution in [0.3, 0.4) is 0 Å². The quantitative estimate of drug-likeness (QED) is 0.591. The van der Waals surface area contributed by atoms with Crippen molar-refractivity contribution in [2.75, 3.05) is 25.1 Å². The van der Waals surface area contributed by atoms with E-state index in [2.05, 4.69) is 39.5 Å². The molecule has 6 nitrogen and oxygen atoms in total. The third-order valence-electron chi connectivity index (χ3n) is 4.90. The minimum absolute atomic E-state index is 0.0637. The molecule has 2 heterocycles. The number of aromatic nitrogens is 1. The van der Waals surface area contributed by atoms with Gasteiger partial charge in [-0.05, 0) is 48.7 Å². The Morgan fingerprint density at radius 2 is 1.83 bits per heavy atom. The number of fused-ring (bicyclic) bond motifs is 1. The number of nitrogens with zero attached hydrogens (tertiary/aromatic N) is 2. The summed E-state index contributed by atoms with van der Waals surface area (Å²) in [5, 5.41) is 5.42. The zero-order chi connectivity index (χ0) is 20.8. The second kappa shape index (κ2) is 9.73. The summed E-state index contributed by atoms with van der Waals surface area (Å²) < 4.78 is 10.9. The molecule has 156 valence electrons. The first-order chi connectivity index (χ1) is 14.7.